The molecule has 0 fully saturated rings. The molecule has 0 saturated heterocycles. The molecule has 0 aliphatic rings. The Hall–Kier alpha value is -2.88. The van der Waals surface area contributed by atoms with Crippen molar-refractivity contribution in [2.24, 2.45) is 0 Å². The molecule has 0 spiro atoms. The lowest BCUT2D eigenvalue weighted by Gasteiger charge is -2.18. The Morgan fingerprint density at radius 2 is 1.56 bits per heavy atom. The van der Waals surface area contributed by atoms with Gasteiger partial charge in [0.05, 0.1) is 5.69 Å². The second kappa shape index (κ2) is 7.79. The lowest BCUT2D eigenvalue weighted by Crippen LogP contribution is -2.26. The van der Waals surface area contributed by atoms with Crippen molar-refractivity contribution in [3.63, 3.8) is 0 Å². The zero-order valence-electron chi connectivity index (χ0n) is 14.5. The fraction of sp³-hybridized carbons (Fsp3) is 0.238. The summed E-state index contributed by atoms with van der Waals surface area (Å²) in [4.78, 5) is 12.4. The molecule has 25 heavy (non-hydrogen) atoms. The van der Waals surface area contributed by atoms with Crippen LogP contribution in [0.4, 0.5) is 0 Å². The van der Waals surface area contributed by atoms with Crippen LogP contribution in [-0.4, -0.2) is 17.6 Å². The van der Waals surface area contributed by atoms with Crippen LogP contribution < -0.4 is 5.32 Å². The molecule has 1 amide bonds. The number of carbonyl (C=O) groups is 1. The Labute approximate surface area is 147 Å². The van der Waals surface area contributed by atoms with E-state index in [1.54, 1.807) is 13.8 Å². The van der Waals surface area contributed by atoms with Crippen LogP contribution in [-0.2, 0) is 0 Å². The summed E-state index contributed by atoms with van der Waals surface area (Å²) in [5.41, 5.74) is 3.66. The fourth-order valence-corrected chi connectivity index (χ4v) is 3.12. The summed E-state index contributed by atoms with van der Waals surface area (Å²) in [7, 11) is 0. The highest BCUT2D eigenvalue weighted by Gasteiger charge is 2.18. The first kappa shape index (κ1) is 17.0. The van der Waals surface area contributed by atoms with Gasteiger partial charge in [-0.05, 0) is 31.4 Å². The predicted octanol–water partition coefficient (Wildman–Crippen LogP) is 4.24. The Morgan fingerprint density at radius 1 is 1.00 bits per heavy atom. The van der Waals surface area contributed by atoms with Crippen molar-refractivity contribution in [1.29, 1.82) is 0 Å². The van der Waals surface area contributed by atoms with Crippen molar-refractivity contribution in [3.8, 4) is 0 Å². The second-order valence-corrected chi connectivity index (χ2v) is 6.12. The van der Waals surface area contributed by atoms with E-state index in [2.05, 4.69) is 34.7 Å². The summed E-state index contributed by atoms with van der Waals surface area (Å²) < 4.78 is 5.07. The zero-order chi connectivity index (χ0) is 17.6. The molecular formula is C21H22N2O2. The summed E-state index contributed by atoms with van der Waals surface area (Å²) in [5.74, 6) is 0.668. The minimum Gasteiger partial charge on any atom is -0.361 e. The van der Waals surface area contributed by atoms with Crippen molar-refractivity contribution in [2.45, 2.75) is 26.2 Å². The van der Waals surface area contributed by atoms with Crippen LogP contribution in [0.1, 0.15) is 45.3 Å². The summed E-state index contributed by atoms with van der Waals surface area (Å²) in [5, 5.41) is 6.84. The highest BCUT2D eigenvalue weighted by Crippen LogP contribution is 2.27. The summed E-state index contributed by atoms with van der Waals surface area (Å²) in [6, 6.07) is 20.8. The Morgan fingerprint density at radius 3 is 2.04 bits per heavy atom. The molecule has 4 nitrogen and oxygen atoms in total. The molecule has 0 aliphatic heterocycles. The van der Waals surface area contributed by atoms with Crippen molar-refractivity contribution < 1.29 is 9.32 Å². The molecule has 0 atom stereocenters. The average Bonchev–Trinajstić information content (AvgIpc) is 2.98. The maximum atomic E-state index is 12.4. The predicted molar refractivity (Wildman–Crippen MR) is 97.7 cm³/mol. The second-order valence-electron chi connectivity index (χ2n) is 6.12. The van der Waals surface area contributed by atoms with Crippen LogP contribution >= 0.6 is 0 Å². The lowest BCUT2D eigenvalue weighted by atomic mass is 9.88. The van der Waals surface area contributed by atoms with Crippen LogP contribution in [0.2, 0.25) is 0 Å². The van der Waals surface area contributed by atoms with E-state index >= 15 is 0 Å². The quantitative estimate of drug-likeness (QED) is 0.733. The number of amides is 1. The van der Waals surface area contributed by atoms with Crippen LogP contribution in [0.5, 0.6) is 0 Å². The van der Waals surface area contributed by atoms with Gasteiger partial charge >= 0.3 is 0 Å². The van der Waals surface area contributed by atoms with Gasteiger partial charge in [-0.1, -0.05) is 65.8 Å². The number of aromatic nitrogens is 1. The maximum absolute atomic E-state index is 12.4. The first-order valence-electron chi connectivity index (χ1n) is 8.47. The van der Waals surface area contributed by atoms with E-state index in [1.807, 2.05) is 36.4 Å². The van der Waals surface area contributed by atoms with Crippen molar-refractivity contribution in [2.75, 3.05) is 6.54 Å². The molecule has 0 saturated carbocycles. The molecule has 0 radical (unpaired) electrons. The van der Waals surface area contributed by atoms with E-state index in [0.717, 1.165) is 6.42 Å². The maximum Gasteiger partial charge on any atom is 0.256 e. The van der Waals surface area contributed by atoms with Gasteiger partial charge in [-0.25, -0.2) is 0 Å². The standard InChI is InChI=1S/C21H22N2O2/c1-15-20(16(2)25-23-15)21(24)22-14-13-19(17-9-5-3-6-10-17)18-11-7-4-8-12-18/h3-12,19H,13-14H2,1-2H3,(H,22,24). The van der Waals surface area contributed by atoms with Gasteiger partial charge in [-0.15, -0.1) is 0 Å². The molecule has 3 rings (SSSR count). The van der Waals surface area contributed by atoms with E-state index in [0.29, 0.717) is 23.6 Å². The van der Waals surface area contributed by atoms with Crippen LogP contribution in [0.25, 0.3) is 0 Å². The topological polar surface area (TPSA) is 55.1 Å². The Bertz CT molecular complexity index is 767. The van der Waals surface area contributed by atoms with Crippen LogP contribution in [0, 0.1) is 13.8 Å². The van der Waals surface area contributed by atoms with E-state index < -0.39 is 0 Å². The van der Waals surface area contributed by atoms with E-state index in [-0.39, 0.29) is 11.8 Å². The molecule has 2 aromatic carbocycles. The molecule has 1 heterocycles. The molecule has 0 bridgehead atoms. The van der Waals surface area contributed by atoms with Crippen molar-refractivity contribution in [1.82, 2.24) is 10.5 Å². The van der Waals surface area contributed by atoms with E-state index in [1.165, 1.54) is 11.1 Å². The van der Waals surface area contributed by atoms with E-state index in [9.17, 15) is 4.79 Å². The largest absolute Gasteiger partial charge is 0.361 e. The van der Waals surface area contributed by atoms with Crippen molar-refractivity contribution >= 4 is 5.91 Å². The Balaban J connectivity index is 1.71. The highest BCUT2D eigenvalue weighted by molar-refractivity contribution is 5.96. The normalized spacial score (nSPS) is 10.8. The van der Waals surface area contributed by atoms with E-state index in [4.69, 9.17) is 4.52 Å². The SMILES string of the molecule is Cc1noc(C)c1C(=O)NCCC(c1ccccc1)c1ccccc1. The number of carbonyl (C=O) groups excluding carboxylic acids is 1. The summed E-state index contributed by atoms with van der Waals surface area (Å²) in [6.07, 6.45) is 0.823. The lowest BCUT2D eigenvalue weighted by molar-refractivity contribution is 0.0950. The van der Waals surface area contributed by atoms with Gasteiger partial charge in [-0.3, -0.25) is 4.79 Å². The minimum atomic E-state index is -0.129. The molecule has 128 valence electrons. The fourth-order valence-electron chi connectivity index (χ4n) is 3.12. The highest BCUT2D eigenvalue weighted by atomic mass is 16.5. The zero-order valence-corrected chi connectivity index (χ0v) is 14.5. The molecule has 4 heteroatoms. The molecule has 0 unspecified atom stereocenters. The Kier molecular flexibility index (Phi) is 5.29. The molecule has 1 aromatic heterocycles. The number of hydrogen-bond acceptors (Lipinski definition) is 3. The van der Waals surface area contributed by atoms with Crippen LogP contribution in [0.15, 0.2) is 65.2 Å². The smallest absolute Gasteiger partial charge is 0.256 e. The first-order chi connectivity index (χ1) is 12.2. The van der Waals surface area contributed by atoms with Crippen LogP contribution in [0.3, 0.4) is 0 Å². The number of hydrogen-bond donors (Lipinski definition) is 1. The first-order valence-corrected chi connectivity index (χ1v) is 8.47. The van der Waals surface area contributed by atoms with Gasteiger partial charge in [-0.2, -0.15) is 0 Å². The average molecular weight is 334 g/mol. The number of nitrogens with one attached hydrogen (secondary N) is 1. The van der Waals surface area contributed by atoms with Gasteiger partial charge in [0.1, 0.15) is 11.3 Å². The van der Waals surface area contributed by atoms with Crippen molar-refractivity contribution in [3.05, 3.63) is 88.8 Å². The number of rotatable bonds is 6. The summed E-state index contributed by atoms with van der Waals surface area (Å²) >= 11 is 0. The third-order valence-electron chi connectivity index (χ3n) is 4.38. The number of benzene rings is 2. The minimum absolute atomic E-state index is 0.129. The monoisotopic (exact) mass is 334 g/mol. The van der Waals surface area contributed by atoms with Gasteiger partial charge in [0.2, 0.25) is 0 Å². The molecule has 1 N–H and O–H groups in total. The molecule has 3 aromatic rings. The molecular weight excluding hydrogens is 312 g/mol. The summed E-state index contributed by atoms with van der Waals surface area (Å²) in [6.45, 7) is 4.12. The van der Waals surface area contributed by atoms with Gasteiger partial charge in [0.15, 0.2) is 0 Å². The van der Waals surface area contributed by atoms with Gasteiger partial charge in [0, 0.05) is 12.5 Å². The number of nitrogens with zero attached hydrogens (tertiary/aromatic N) is 1. The van der Waals surface area contributed by atoms with Gasteiger partial charge in [0.25, 0.3) is 5.91 Å². The molecule has 0 aliphatic carbocycles. The number of aryl methyl sites for hydroxylation is 2. The third kappa shape index (κ3) is 3.97. The third-order valence-corrected chi connectivity index (χ3v) is 4.38. The van der Waals surface area contributed by atoms with Gasteiger partial charge < -0.3 is 9.84 Å².